The molecule has 1 N–H and O–H groups in total. The highest BCUT2D eigenvalue weighted by Crippen LogP contribution is 2.35. The van der Waals surface area contributed by atoms with Crippen molar-refractivity contribution in [3.8, 4) is 0 Å². The normalized spacial score (nSPS) is 35.4. The van der Waals surface area contributed by atoms with Crippen molar-refractivity contribution in [1.82, 2.24) is 10.2 Å². The first-order chi connectivity index (χ1) is 7.20. The van der Waals surface area contributed by atoms with Gasteiger partial charge in [0.2, 0.25) is 0 Å². The molecule has 15 heavy (non-hydrogen) atoms. The van der Waals surface area contributed by atoms with Crippen molar-refractivity contribution in [2.45, 2.75) is 64.6 Å². The zero-order valence-electron chi connectivity index (χ0n) is 10.5. The van der Waals surface area contributed by atoms with Crippen LogP contribution in [0.25, 0.3) is 0 Å². The van der Waals surface area contributed by atoms with Crippen molar-refractivity contribution in [3.63, 3.8) is 0 Å². The molecule has 2 heteroatoms. The van der Waals surface area contributed by atoms with E-state index in [1.807, 2.05) is 0 Å². The van der Waals surface area contributed by atoms with Crippen LogP contribution in [0.15, 0.2) is 0 Å². The smallest absolute Gasteiger partial charge is 0.0195 e. The fourth-order valence-electron chi connectivity index (χ4n) is 2.81. The van der Waals surface area contributed by atoms with Crippen molar-refractivity contribution >= 4 is 0 Å². The largest absolute Gasteiger partial charge is 0.311 e. The topological polar surface area (TPSA) is 15.3 Å². The van der Waals surface area contributed by atoms with Crippen molar-refractivity contribution in [2.24, 2.45) is 5.92 Å². The highest BCUT2D eigenvalue weighted by atomic mass is 15.2. The molecule has 0 aromatic heterocycles. The van der Waals surface area contributed by atoms with Crippen molar-refractivity contribution in [1.29, 1.82) is 0 Å². The van der Waals surface area contributed by atoms with Gasteiger partial charge in [0.25, 0.3) is 0 Å². The fraction of sp³-hybridized carbons (Fsp3) is 1.00. The molecule has 3 unspecified atom stereocenters. The van der Waals surface area contributed by atoms with Gasteiger partial charge in [0, 0.05) is 31.2 Å². The van der Waals surface area contributed by atoms with Gasteiger partial charge in [-0.25, -0.2) is 0 Å². The van der Waals surface area contributed by atoms with Gasteiger partial charge in [0.1, 0.15) is 0 Å². The summed E-state index contributed by atoms with van der Waals surface area (Å²) in [5.41, 5.74) is 0. The number of piperazine rings is 1. The van der Waals surface area contributed by atoms with E-state index in [9.17, 15) is 0 Å². The lowest BCUT2D eigenvalue weighted by atomic mass is 10.0. The highest BCUT2D eigenvalue weighted by Gasteiger charge is 2.31. The van der Waals surface area contributed by atoms with Crippen LogP contribution in [0.2, 0.25) is 0 Å². The predicted octanol–water partition coefficient (Wildman–Crippen LogP) is 2.25. The molecule has 0 bridgehead atoms. The van der Waals surface area contributed by atoms with Crippen molar-refractivity contribution < 1.29 is 0 Å². The van der Waals surface area contributed by atoms with E-state index in [0.717, 1.165) is 24.0 Å². The molecule has 0 amide bonds. The third-order valence-corrected chi connectivity index (χ3v) is 4.13. The van der Waals surface area contributed by atoms with Crippen LogP contribution >= 0.6 is 0 Å². The van der Waals surface area contributed by atoms with Crippen LogP contribution in [-0.2, 0) is 0 Å². The minimum Gasteiger partial charge on any atom is -0.311 e. The summed E-state index contributed by atoms with van der Waals surface area (Å²) in [4.78, 5) is 2.73. The molecule has 1 aliphatic carbocycles. The Hall–Kier alpha value is -0.0800. The van der Waals surface area contributed by atoms with Gasteiger partial charge in [-0.1, -0.05) is 19.8 Å². The van der Waals surface area contributed by atoms with Crippen LogP contribution in [-0.4, -0.2) is 36.1 Å². The van der Waals surface area contributed by atoms with Crippen molar-refractivity contribution in [3.05, 3.63) is 0 Å². The van der Waals surface area contributed by atoms with E-state index in [1.54, 1.807) is 0 Å². The lowest BCUT2D eigenvalue weighted by molar-refractivity contribution is 0.0904. The molecule has 1 heterocycles. The summed E-state index contributed by atoms with van der Waals surface area (Å²) in [6.45, 7) is 9.51. The predicted molar refractivity (Wildman–Crippen MR) is 65.1 cm³/mol. The van der Waals surface area contributed by atoms with E-state index in [4.69, 9.17) is 0 Å². The van der Waals surface area contributed by atoms with Crippen LogP contribution in [0.1, 0.15) is 46.5 Å². The molecule has 1 saturated carbocycles. The van der Waals surface area contributed by atoms with Gasteiger partial charge in [-0.3, -0.25) is 4.90 Å². The number of hydrogen-bond donors (Lipinski definition) is 1. The van der Waals surface area contributed by atoms with Crippen LogP contribution in [0.5, 0.6) is 0 Å². The average Bonchev–Trinajstić information content (AvgIpc) is 3.02. The first-order valence-electron chi connectivity index (χ1n) is 6.69. The SMILES string of the molecule is CCC1CN(C(C)CC2CC2)C(C)CN1. The van der Waals surface area contributed by atoms with Crippen LogP contribution in [0.4, 0.5) is 0 Å². The minimum atomic E-state index is 0.724. The average molecular weight is 210 g/mol. The second-order valence-electron chi connectivity index (χ2n) is 5.59. The standard InChI is InChI=1S/C13H26N2/c1-4-13-9-15(11(3)8-14-13)10(2)7-12-5-6-12/h10-14H,4-9H2,1-3H3. The van der Waals surface area contributed by atoms with E-state index < -0.39 is 0 Å². The first-order valence-corrected chi connectivity index (χ1v) is 6.69. The Bertz CT molecular complexity index is 201. The molecule has 0 aromatic carbocycles. The van der Waals surface area contributed by atoms with Crippen molar-refractivity contribution in [2.75, 3.05) is 13.1 Å². The van der Waals surface area contributed by atoms with Crippen LogP contribution in [0, 0.1) is 5.92 Å². The highest BCUT2D eigenvalue weighted by molar-refractivity contribution is 4.88. The zero-order valence-corrected chi connectivity index (χ0v) is 10.5. The molecule has 0 radical (unpaired) electrons. The molecule has 2 rings (SSSR count). The van der Waals surface area contributed by atoms with Gasteiger partial charge in [0.15, 0.2) is 0 Å². The Morgan fingerprint density at radius 3 is 2.73 bits per heavy atom. The summed E-state index contributed by atoms with van der Waals surface area (Å²) >= 11 is 0. The Morgan fingerprint density at radius 2 is 2.13 bits per heavy atom. The molecular weight excluding hydrogens is 184 g/mol. The Kier molecular flexibility index (Phi) is 3.68. The number of nitrogens with zero attached hydrogens (tertiary/aromatic N) is 1. The quantitative estimate of drug-likeness (QED) is 0.765. The molecule has 2 nitrogen and oxygen atoms in total. The summed E-state index contributed by atoms with van der Waals surface area (Å²) in [7, 11) is 0. The monoisotopic (exact) mass is 210 g/mol. The third kappa shape index (κ3) is 2.94. The zero-order chi connectivity index (χ0) is 10.8. The Labute approximate surface area is 94.4 Å². The Morgan fingerprint density at radius 1 is 1.40 bits per heavy atom. The third-order valence-electron chi connectivity index (χ3n) is 4.13. The number of nitrogens with one attached hydrogen (secondary N) is 1. The van der Waals surface area contributed by atoms with Gasteiger partial charge in [-0.2, -0.15) is 0 Å². The summed E-state index contributed by atoms with van der Waals surface area (Å²) in [5, 5.41) is 3.63. The van der Waals surface area contributed by atoms with E-state index in [1.165, 1.54) is 38.8 Å². The molecule has 2 aliphatic rings. The summed E-state index contributed by atoms with van der Waals surface area (Å²) in [6, 6.07) is 2.24. The number of rotatable bonds is 4. The molecule has 88 valence electrons. The summed E-state index contributed by atoms with van der Waals surface area (Å²) < 4.78 is 0. The van der Waals surface area contributed by atoms with Gasteiger partial charge in [-0.05, 0) is 32.6 Å². The van der Waals surface area contributed by atoms with Gasteiger partial charge < -0.3 is 5.32 Å². The van der Waals surface area contributed by atoms with E-state index in [2.05, 4.69) is 31.0 Å². The Balaban J connectivity index is 1.85. The van der Waals surface area contributed by atoms with E-state index >= 15 is 0 Å². The maximum absolute atomic E-state index is 3.63. The summed E-state index contributed by atoms with van der Waals surface area (Å²) in [6.07, 6.45) is 5.67. The minimum absolute atomic E-state index is 0.724. The van der Waals surface area contributed by atoms with Gasteiger partial charge in [-0.15, -0.1) is 0 Å². The van der Waals surface area contributed by atoms with E-state index in [0.29, 0.717) is 0 Å². The summed E-state index contributed by atoms with van der Waals surface area (Å²) in [5.74, 6) is 1.06. The van der Waals surface area contributed by atoms with Crippen LogP contribution in [0.3, 0.4) is 0 Å². The lowest BCUT2D eigenvalue weighted by Gasteiger charge is -2.42. The molecular formula is C13H26N2. The second kappa shape index (κ2) is 4.84. The van der Waals surface area contributed by atoms with Gasteiger partial charge >= 0.3 is 0 Å². The maximum Gasteiger partial charge on any atom is 0.0195 e. The van der Waals surface area contributed by atoms with Gasteiger partial charge in [0.05, 0.1) is 0 Å². The molecule has 1 saturated heterocycles. The number of hydrogen-bond acceptors (Lipinski definition) is 2. The van der Waals surface area contributed by atoms with E-state index in [-0.39, 0.29) is 0 Å². The lowest BCUT2D eigenvalue weighted by Crippen LogP contribution is -2.57. The first kappa shape index (κ1) is 11.4. The molecule has 2 fully saturated rings. The fourth-order valence-corrected chi connectivity index (χ4v) is 2.81. The molecule has 0 aromatic rings. The molecule has 3 atom stereocenters. The molecule has 0 spiro atoms. The maximum atomic E-state index is 3.63. The molecule has 1 aliphatic heterocycles. The van der Waals surface area contributed by atoms with Crippen LogP contribution < -0.4 is 5.32 Å². The second-order valence-corrected chi connectivity index (χ2v) is 5.59.